The molecule has 0 saturated carbocycles. The summed E-state index contributed by atoms with van der Waals surface area (Å²) in [6, 6.07) is 3.54. The lowest BCUT2D eigenvalue weighted by Gasteiger charge is -2.03. The Morgan fingerprint density at radius 1 is 1.61 bits per heavy atom. The van der Waals surface area contributed by atoms with Crippen LogP contribution in [0, 0.1) is 10.1 Å². The first-order chi connectivity index (χ1) is 8.45. The van der Waals surface area contributed by atoms with Crippen LogP contribution in [0.1, 0.15) is 12.5 Å². The molecule has 0 aliphatic heterocycles. The van der Waals surface area contributed by atoms with Crippen LogP contribution in [0.2, 0.25) is 5.02 Å². The van der Waals surface area contributed by atoms with Gasteiger partial charge < -0.3 is 9.84 Å². The molecule has 0 heterocycles. The molecule has 96 valence electrons. The van der Waals surface area contributed by atoms with E-state index in [9.17, 15) is 20.0 Å². The van der Waals surface area contributed by atoms with Crippen LogP contribution in [0.25, 0.3) is 5.76 Å². The molecule has 7 heteroatoms. The van der Waals surface area contributed by atoms with E-state index in [1.165, 1.54) is 12.1 Å². The average Bonchev–Trinajstić information content (AvgIpc) is 2.29. The van der Waals surface area contributed by atoms with Crippen molar-refractivity contribution in [3.05, 3.63) is 45.0 Å². The summed E-state index contributed by atoms with van der Waals surface area (Å²) in [5.41, 5.74) is -0.239. The normalized spacial score (nSPS) is 11.1. The summed E-state index contributed by atoms with van der Waals surface area (Å²) < 4.78 is 4.60. The van der Waals surface area contributed by atoms with Crippen molar-refractivity contribution in [2.24, 2.45) is 0 Å². The van der Waals surface area contributed by atoms with Crippen molar-refractivity contribution in [2.75, 3.05) is 6.61 Å². The topological polar surface area (TPSA) is 89.7 Å². The average molecular weight is 272 g/mol. The largest absolute Gasteiger partial charge is 0.507 e. The number of aliphatic hydroxyl groups is 1. The standard InChI is InChI=1S/C11H10ClNO5/c1-2-18-11(15)6-10(14)8-5-7(13(16)17)3-4-9(8)12/h3-6,14H,2H2,1H3/b10-6-. The number of ether oxygens (including phenoxy) is 1. The van der Waals surface area contributed by atoms with Gasteiger partial charge in [0.15, 0.2) is 0 Å². The first-order valence-electron chi connectivity index (χ1n) is 4.97. The maximum absolute atomic E-state index is 11.1. The fourth-order valence-electron chi connectivity index (χ4n) is 1.20. The molecule has 0 amide bonds. The first kappa shape index (κ1) is 14.0. The molecule has 1 rings (SSSR count). The van der Waals surface area contributed by atoms with Gasteiger partial charge in [-0.1, -0.05) is 11.6 Å². The molecule has 0 aliphatic rings. The molecule has 1 aromatic carbocycles. The molecule has 18 heavy (non-hydrogen) atoms. The minimum Gasteiger partial charge on any atom is -0.507 e. The van der Waals surface area contributed by atoms with Crippen LogP contribution in [0.5, 0.6) is 0 Å². The highest BCUT2D eigenvalue weighted by Gasteiger charge is 2.13. The van der Waals surface area contributed by atoms with Gasteiger partial charge in [0.1, 0.15) is 5.76 Å². The molecule has 1 aromatic rings. The van der Waals surface area contributed by atoms with E-state index in [0.717, 1.165) is 12.1 Å². The van der Waals surface area contributed by atoms with E-state index in [2.05, 4.69) is 4.74 Å². The molecule has 0 unspecified atom stereocenters. The summed E-state index contributed by atoms with van der Waals surface area (Å²) in [4.78, 5) is 21.1. The van der Waals surface area contributed by atoms with Crippen LogP contribution in [-0.2, 0) is 9.53 Å². The molecular weight excluding hydrogens is 262 g/mol. The summed E-state index contributed by atoms with van der Waals surface area (Å²) >= 11 is 5.78. The number of nitrogens with zero attached hydrogens (tertiary/aromatic N) is 1. The zero-order valence-electron chi connectivity index (χ0n) is 9.42. The van der Waals surface area contributed by atoms with Gasteiger partial charge in [-0.05, 0) is 13.0 Å². The van der Waals surface area contributed by atoms with Crippen molar-refractivity contribution >= 4 is 29.0 Å². The van der Waals surface area contributed by atoms with Crippen LogP contribution in [-0.4, -0.2) is 22.6 Å². The van der Waals surface area contributed by atoms with Gasteiger partial charge in [-0.2, -0.15) is 0 Å². The molecule has 1 N–H and O–H groups in total. The number of nitro benzene ring substituents is 1. The van der Waals surface area contributed by atoms with E-state index in [0.29, 0.717) is 0 Å². The Bertz CT molecular complexity index is 512. The molecule has 0 saturated heterocycles. The third-order valence-electron chi connectivity index (χ3n) is 1.98. The quantitative estimate of drug-likeness (QED) is 0.299. The second kappa shape index (κ2) is 6.02. The van der Waals surface area contributed by atoms with Crippen molar-refractivity contribution < 1.29 is 19.6 Å². The van der Waals surface area contributed by atoms with Crippen LogP contribution in [0.15, 0.2) is 24.3 Å². The van der Waals surface area contributed by atoms with Crippen LogP contribution in [0.3, 0.4) is 0 Å². The summed E-state index contributed by atoms with van der Waals surface area (Å²) in [6.07, 6.45) is 0.814. The number of hydrogen-bond acceptors (Lipinski definition) is 5. The zero-order valence-corrected chi connectivity index (χ0v) is 10.2. The summed E-state index contributed by atoms with van der Waals surface area (Å²) in [7, 11) is 0. The number of benzene rings is 1. The van der Waals surface area contributed by atoms with E-state index in [4.69, 9.17) is 11.6 Å². The SMILES string of the molecule is CCOC(=O)/C=C(\O)c1cc([N+](=O)[O-])ccc1Cl. The Kier molecular flexibility index (Phi) is 4.67. The second-order valence-electron chi connectivity index (χ2n) is 3.20. The van der Waals surface area contributed by atoms with Gasteiger partial charge in [-0.15, -0.1) is 0 Å². The lowest BCUT2D eigenvalue weighted by Crippen LogP contribution is -2.01. The molecule has 0 radical (unpaired) electrons. The highest BCUT2D eigenvalue weighted by molar-refractivity contribution is 6.32. The van der Waals surface area contributed by atoms with E-state index < -0.39 is 16.7 Å². The van der Waals surface area contributed by atoms with Gasteiger partial charge in [0.25, 0.3) is 5.69 Å². The van der Waals surface area contributed by atoms with E-state index in [-0.39, 0.29) is 22.9 Å². The maximum Gasteiger partial charge on any atom is 0.334 e. The zero-order chi connectivity index (χ0) is 13.7. The van der Waals surface area contributed by atoms with E-state index in [1.807, 2.05) is 0 Å². The summed E-state index contributed by atoms with van der Waals surface area (Å²) in [6.45, 7) is 1.77. The van der Waals surface area contributed by atoms with Gasteiger partial charge in [0, 0.05) is 17.7 Å². The number of aliphatic hydroxyl groups excluding tert-OH is 1. The molecular formula is C11H10ClNO5. The Labute approximate surface area is 108 Å². The first-order valence-corrected chi connectivity index (χ1v) is 5.35. The Morgan fingerprint density at radius 2 is 2.28 bits per heavy atom. The number of carbonyl (C=O) groups excluding carboxylic acids is 1. The fourth-order valence-corrected chi connectivity index (χ4v) is 1.41. The third-order valence-corrected chi connectivity index (χ3v) is 2.31. The minimum atomic E-state index is -0.752. The lowest BCUT2D eigenvalue weighted by molar-refractivity contribution is -0.384. The number of rotatable bonds is 4. The molecule has 0 aromatic heterocycles. The number of esters is 1. The van der Waals surface area contributed by atoms with Crippen molar-refractivity contribution in [3.63, 3.8) is 0 Å². The van der Waals surface area contributed by atoms with Gasteiger partial charge in [0.2, 0.25) is 0 Å². The predicted octanol–water partition coefficient (Wildman–Crippen LogP) is 2.71. The molecule has 0 bridgehead atoms. The van der Waals surface area contributed by atoms with Crippen LogP contribution < -0.4 is 0 Å². The minimum absolute atomic E-state index is 0.00100. The van der Waals surface area contributed by atoms with Crippen LogP contribution >= 0.6 is 11.6 Å². The predicted molar refractivity (Wildman–Crippen MR) is 65.3 cm³/mol. The molecule has 0 atom stereocenters. The number of halogens is 1. The number of nitro groups is 1. The summed E-state index contributed by atoms with van der Waals surface area (Å²) in [5, 5.41) is 20.3. The Balaban J connectivity index is 3.11. The molecule has 0 aliphatic carbocycles. The number of carbonyl (C=O) groups is 1. The number of non-ortho nitro benzene ring substituents is 1. The third kappa shape index (κ3) is 3.46. The molecule has 6 nitrogen and oxygen atoms in total. The van der Waals surface area contributed by atoms with Gasteiger partial charge in [-0.25, -0.2) is 4.79 Å². The monoisotopic (exact) mass is 271 g/mol. The number of hydrogen-bond donors (Lipinski definition) is 1. The smallest absolute Gasteiger partial charge is 0.334 e. The van der Waals surface area contributed by atoms with Gasteiger partial charge in [0.05, 0.1) is 22.6 Å². The lowest BCUT2D eigenvalue weighted by atomic mass is 10.1. The van der Waals surface area contributed by atoms with Crippen molar-refractivity contribution in [3.8, 4) is 0 Å². The van der Waals surface area contributed by atoms with Crippen LogP contribution in [0.4, 0.5) is 5.69 Å². The van der Waals surface area contributed by atoms with Crippen molar-refractivity contribution in [2.45, 2.75) is 6.92 Å². The maximum atomic E-state index is 11.1. The highest BCUT2D eigenvalue weighted by Crippen LogP contribution is 2.26. The fraction of sp³-hybridized carbons (Fsp3) is 0.182. The van der Waals surface area contributed by atoms with Gasteiger partial charge in [-0.3, -0.25) is 10.1 Å². The van der Waals surface area contributed by atoms with E-state index >= 15 is 0 Å². The molecule has 0 spiro atoms. The molecule has 0 fully saturated rings. The van der Waals surface area contributed by atoms with Crippen molar-refractivity contribution in [1.29, 1.82) is 0 Å². The second-order valence-corrected chi connectivity index (χ2v) is 3.61. The Morgan fingerprint density at radius 3 is 2.83 bits per heavy atom. The van der Waals surface area contributed by atoms with Crippen molar-refractivity contribution in [1.82, 2.24) is 0 Å². The Hall–Kier alpha value is -2.08. The van der Waals surface area contributed by atoms with Gasteiger partial charge >= 0.3 is 5.97 Å². The summed E-state index contributed by atoms with van der Waals surface area (Å²) in [5.74, 6) is -1.24. The highest BCUT2D eigenvalue weighted by atomic mass is 35.5. The van der Waals surface area contributed by atoms with E-state index in [1.54, 1.807) is 6.92 Å².